The molecular formula is C14H25NO4. The Morgan fingerprint density at radius 1 is 1.32 bits per heavy atom. The fraction of sp³-hybridized carbons (Fsp3) is 0.571. The number of esters is 1. The summed E-state index contributed by atoms with van der Waals surface area (Å²) in [6.45, 7) is 15.7. The van der Waals surface area contributed by atoms with E-state index in [0.29, 0.717) is 6.61 Å². The van der Waals surface area contributed by atoms with E-state index in [9.17, 15) is 9.59 Å². The Hall–Kier alpha value is -1.62. The van der Waals surface area contributed by atoms with Crippen LogP contribution in [0.15, 0.2) is 24.8 Å². The Balaban J connectivity index is 0. The van der Waals surface area contributed by atoms with Gasteiger partial charge in [0, 0.05) is 18.2 Å². The molecule has 0 fully saturated rings. The number of carboxylic acid groups (broad SMARTS) is 1. The van der Waals surface area contributed by atoms with Gasteiger partial charge in [0.15, 0.2) is 0 Å². The van der Waals surface area contributed by atoms with Gasteiger partial charge in [0.2, 0.25) is 0 Å². The highest BCUT2D eigenvalue weighted by Gasteiger charge is 1.99. The summed E-state index contributed by atoms with van der Waals surface area (Å²) >= 11 is 0. The van der Waals surface area contributed by atoms with E-state index in [0.717, 1.165) is 26.1 Å². The third-order valence-electron chi connectivity index (χ3n) is 2.29. The van der Waals surface area contributed by atoms with Crippen LogP contribution in [0.2, 0.25) is 0 Å². The summed E-state index contributed by atoms with van der Waals surface area (Å²) in [5.41, 5.74) is 0.176. The van der Waals surface area contributed by atoms with Crippen molar-refractivity contribution < 1.29 is 19.4 Å². The second-order valence-electron chi connectivity index (χ2n) is 3.84. The molecule has 0 rings (SSSR count). The second kappa shape index (κ2) is 12.8. The standard InChI is InChI=1S/C10H19NO2.C4H6O2/c1-4-10(12)13-9-7-8-11(5-2)6-3;1-3(2)4(5)6/h4H,1,5-9H2,2-3H3;1H2,2H3,(H,5,6). The van der Waals surface area contributed by atoms with Gasteiger partial charge in [-0.05, 0) is 26.4 Å². The zero-order chi connectivity index (χ0) is 15.3. The Labute approximate surface area is 115 Å². The fourth-order valence-electron chi connectivity index (χ4n) is 1.06. The van der Waals surface area contributed by atoms with E-state index in [2.05, 4.69) is 31.9 Å². The Morgan fingerprint density at radius 2 is 1.79 bits per heavy atom. The maximum absolute atomic E-state index is 10.6. The molecule has 110 valence electrons. The van der Waals surface area contributed by atoms with Gasteiger partial charge in [-0.25, -0.2) is 9.59 Å². The van der Waals surface area contributed by atoms with Crippen molar-refractivity contribution in [1.29, 1.82) is 0 Å². The quantitative estimate of drug-likeness (QED) is 0.416. The molecule has 0 aliphatic rings. The lowest BCUT2D eigenvalue weighted by Gasteiger charge is -2.17. The molecule has 0 spiro atoms. The molecule has 0 saturated carbocycles. The highest BCUT2D eigenvalue weighted by Crippen LogP contribution is 1.91. The molecule has 5 nitrogen and oxygen atoms in total. The molecular weight excluding hydrogens is 246 g/mol. The van der Waals surface area contributed by atoms with Gasteiger partial charge in [-0.2, -0.15) is 0 Å². The van der Waals surface area contributed by atoms with Gasteiger partial charge in [0.25, 0.3) is 0 Å². The van der Waals surface area contributed by atoms with Crippen molar-refractivity contribution in [3.8, 4) is 0 Å². The van der Waals surface area contributed by atoms with Crippen LogP contribution in [-0.4, -0.2) is 48.2 Å². The molecule has 5 heteroatoms. The predicted molar refractivity (Wildman–Crippen MR) is 76.0 cm³/mol. The zero-order valence-corrected chi connectivity index (χ0v) is 12.1. The van der Waals surface area contributed by atoms with E-state index < -0.39 is 5.97 Å². The largest absolute Gasteiger partial charge is 0.478 e. The van der Waals surface area contributed by atoms with Crippen molar-refractivity contribution in [2.24, 2.45) is 0 Å². The molecule has 0 aromatic heterocycles. The molecule has 0 amide bonds. The molecule has 0 bridgehead atoms. The minimum absolute atomic E-state index is 0.176. The van der Waals surface area contributed by atoms with Crippen LogP contribution >= 0.6 is 0 Å². The summed E-state index contributed by atoms with van der Waals surface area (Å²) in [7, 11) is 0. The lowest BCUT2D eigenvalue weighted by atomic mass is 10.4. The third kappa shape index (κ3) is 14.3. The first-order valence-corrected chi connectivity index (χ1v) is 6.29. The van der Waals surface area contributed by atoms with Gasteiger partial charge in [0.05, 0.1) is 6.61 Å². The Kier molecular flexibility index (Phi) is 13.3. The van der Waals surface area contributed by atoms with E-state index in [1.165, 1.54) is 13.0 Å². The average Bonchev–Trinajstić information content (AvgIpc) is 2.39. The van der Waals surface area contributed by atoms with Crippen molar-refractivity contribution in [3.05, 3.63) is 24.8 Å². The lowest BCUT2D eigenvalue weighted by Crippen LogP contribution is -2.25. The van der Waals surface area contributed by atoms with Crippen molar-refractivity contribution in [3.63, 3.8) is 0 Å². The molecule has 0 unspecified atom stereocenters. The number of carboxylic acids is 1. The van der Waals surface area contributed by atoms with Crippen molar-refractivity contribution in [2.45, 2.75) is 27.2 Å². The van der Waals surface area contributed by atoms with Crippen molar-refractivity contribution in [1.82, 2.24) is 4.90 Å². The summed E-state index contributed by atoms with van der Waals surface area (Å²) in [5, 5.41) is 7.89. The number of rotatable bonds is 8. The highest BCUT2D eigenvalue weighted by molar-refractivity contribution is 5.84. The second-order valence-corrected chi connectivity index (χ2v) is 3.84. The molecule has 0 heterocycles. The van der Waals surface area contributed by atoms with E-state index in [4.69, 9.17) is 9.84 Å². The third-order valence-corrected chi connectivity index (χ3v) is 2.29. The van der Waals surface area contributed by atoms with E-state index in [1.54, 1.807) is 0 Å². The van der Waals surface area contributed by atoms with E-state index >= 15 is 0 Å². The first-order chi connectivity index (χ1) is 8.88. The average molecular weight is 271 g/mol. The van der Waals surface area contributed by atoms with Crippen LogP contribution in [0.25, 0.3) is 0 Å². The number of hydrogen-bond acceptors (Lipinski definition) is 4. The number of ether oxygens (including phenoxy) is 1. The van der Waals surface area contributed by atoms with Crippen LogP contribution in [0.5, 0.6) is 0 Å². The van der Waals surface area contributed by atoms with Crippen molar-refractivity contribution in [2.75, 3.05) is 26.2 Å². The highest BCUT2D eigenvalue weighted by atomic mass is 16.5. The Bertz CT molecular complexity index is 284. The molecule has 0 aromatic rings. The normalized spacial score (nSPS) is 9.26. The molecule has 0 radical (unpaired) electrons. The summed E-state index contributed by atoms with van der Waals surface area (Å²) < 4.78 is 4.85. The molecule has 0 saturated heterocycles. The first-order valence-electron chi connectivity index (χ1n) is 6.29. The van der Waals surface area contributed by atoms with Crippen LogP contribution in [0, 0.1) is 0 Å². The number of hydrogen-bond donors (Lipinski definition) is 1. The van der Waals surface area contributed by atoms with Crippen LogP contribution in [0.1, 0.15) is 27.2 Å². The first kappa shape index (κ1) is 19.7. The van der Waals surface area contributed by atoms with Crippen LogP contribution < -0.4 is 0 Å². The van der Waals surface area contributed by atoms with Gasteiger partial charge in [0.1, 0.15) is 0 Å². The fourth-order valence-corrected chi connectivity index (χ4v) is 1.06. The summed E-state index contributed by atoms with van der Waals surface area (Å²) in [5.74, 6) is -1.27. The minimum Gasteiger partial charge on any atom is -0.478 e. The molecule has 0 atom stereocenters. The van der Waals surface area contributed by atoms with Crippen LogP contribution in [0.4, 0.5) is 0 Å². The maximum atomic E-state index is 10.6. The van der Waals surface area contributed by atoms with Gasteiger partial charge < -0.3 is 14.7 Å². The molecule has 0 aliphatic heterocycles. The van der Waals surface area contributed by atoms with Crippen molar-refractivity contribution >= 4 is 11.9 Å². The van der Waals surface area contributed by atoms with Crippen LogP contribution in [0.3, 0.4) is 0 Å². The molecule has 0 aliphatic carbocycles. The number of carbonyl (C=O) groups is 2. The van der Waals surface area contributed by atoms with Gasteiger partial charge in [-0.3, -0.25) is 0 Å². The number of carbonyl (C=O) groups excluding carboxylic acids is 1. The number of nitrogens with zero attached hydrogens (tertiary/aromatic N) is 1. The summed E-state index contributed by atoms with van der Waals surface area (Å²) in [6, 6.07) is 0. The van der Waals surface area contributed by atoms with E-state index in [-0.39, 0.29) is 11.5 Å². The summed E-state index contributed by atoms with van der Waals surface area (Å²) in [6.07, 6.45) is 2.08. The molecule has 0 aromatic carbocycles. The lowest BCUT2D eigenvalue weighted by molar-refractivity contribution is -0.138. The minimum atomic E-state index is -0.935. The van der Waals surface area contributed by atoms with Gasteiger partial charge >= 0.3 is 11.9 Å². The Morgan fingerprint density at radius 3 is 2.11 bits per heavy atom. The maximum Gasteiger partial charge on any atom is 0.330 e. The van der Waals surface area contributed by atoms with E-state index in [1.807, 2.05) is 0 Å². The molecule has 19 heavy (non-hydrogen) atoms. The monoisotopic (exact) mass is 271 g/mol. The van der Waals surface area contributed by atoms with Gasteiger partial charge in [-0.1, -0.05) is 27.0 Å². The zero-order valence-electron chi connectivity index (χ0n) is 12.1. The topological polar surface area (TPSA) is 66.8 Å². The molecule has 1 N–H and O–H groups in total. The number of aliphatic carboxylic acids is 1. The SMILES string of the molecule is C=C(C)C(=O)O.C=CC(=O)OCCCN(CC)CC. The smallest absolute Gasteiger partial charge is 0.330 e. The van der Waals surface area contributed by atoms with Crippen LogP contribution in [-0.2, 0) is 14.3 Å². The predicted octanol–water partition coefficient (Wildman–Crippen LogP) is 2.09. The summed E-state index contributed by atoms with van der Waals surface area (Å²) in [4.78, 5) is 22.5. The van der Waals surface area contributed by atoms with Gasteiger partial charge in [-0.15, -0.1) is 0 Å².